The Hall–Kier alpha value is -2.40. The molecule has 0 aliphatic carbocycles. The number of nitrogens with zero attached hydrogens (tertiary/aromatic N) is 3. The maximum absolute atomic E-state index is 12.6. The van der Waals surface area contributed by atoms with Gasteiger partial charge in [0.15, 0.2) is 0 Å². The van der Waals surface area contributed by atoms with Crippen molar-refractivity contribution in [2.75, 3.05) is 32.7 Å². The SMILES string of the molecule is O=C1c2ccccc2CCN1CCN1CCC(Oc2ccncc2)C1. The average molecular weight is 337 g/mol. The molecule has 1 aromatic carbocycles. The minimum absolute atomic E-state index is 0.172. The first-order valence-electron chi connectivity index (χ1n) is 8.96. The summed E-state index contributed by atoms with van der Waals surface area (Å²) in [5.74, 6) is 1.05. The van der Waals surface area contributed by atoms with E-state index in [1.807, 2.05) is 35.2 Å². The summed E-state index contributed by atoms with van der Waals surface area (Å²) in [4.78, 5) is 21.0. The number of hydrogen-bond donors (Lipinski definition) is 0. The molecular weight excluding hydrogens is 314 g/mol. The van der Waals surface area contributed by atoms with E-state index < -0.39 is 0 Å². The van der Waals surface area contributed by atoms with Crippen LogP contribution >= 0.6 is 0 Å². The molecular formula is C20H23N3O2. The number of fused-ring (bicyclic) bond motifs is 1. The van der Waals surface area contributed by atoms with Gasteiger partial charge >= 0.3 is 0 Å². The molecule has 2 aromatic rings. The Kier molecular flexibility index (Phi) is 4.65. The maximum Gasteiger partial charge on any atom is 0.254 e. The van der Waals surface area contributed by atoms with E-state index in [0.717, 1.165) is 56.9 Å². The van der Waals surface area contributed by atoms with Crippen molar-refractivity contribution in [3.63, 3.8) is 0 Å². The van der Waals surface area contributed by atoms with Crippen molar-refractivity contribution < 1.29 is 9.53 Å². The first kappa shape index (κ1) is 16.1. The van der Waals surface area contributed by atoms with Crippen molar-refractivity contribution in [1.29, 1.82) is 0 Å². The van der Waals surface area contributed by atoms with Crippen LogP contribution in [0.4, 0.5) is 0 Å². The molecule has 1 amide bonds. The number of amides is 1. The number of pyridine rings is 1. The van der Waals surface area contributed by atoms with Crippen LogP contribution in [0.1, 0.15) is 22.3 Å². The lowest BCUT2D eigenvalue weighted by molar-refractivity contribution is 0.0722. The van der Waals surface area contributed by atoms with E-state index in [-0.39, 0.29) is 12.0 Å². The largest absolute Gasteiger partial charge is 0.489 e. The Labute approximate surface area is 148 Å². The second-order valence-corrected chi connectivity index (χ2v) is 6.71. The summed E-state index contributed by atoms with van der Waals surface area (Å²) in [7, 11) is 0. The van der Waals surface area contributed by atoms with Gasteiger partial charge in [-0.1, -0.05) is 18.2 Å². The highest BCUT2D eigenvalue weighted by molar-refractivity contribution is 5.96. The highest BCUT2D eigenvalue weighted by Crippen LogP contribution is 2.20. The summed E-state index contributed by atoms with van der Waals surface area (Å²) in [5, 5.41) is 0. The molecule has 4 rings (SSSR count). The summed E-state index contributed by atoms with van der Waals surface area (Å²) in [6.07, 6.45) is 5.71. The predicted molar refractivity (Wildman–Crippen MR) is 95.8 cm³/mol. The van der Waals surface area contributed by atoms with Crippen molar-refractivity contribution in [3.8, 4) is 5.75 Å². The zero-order valence-corrected chi connectivity index (χ0v) is 14.3. The Morgan fingerprint density at radius 2 is 1.92 bits per heavy atom. The predicted octanol–water partition coefficient (Wildman–Crippen LogP) is 2.23. The molecule has 1 fully saturated rings. The molecule has 1 unspecified atom stereocenters. The standard InChI is InChI=1S/C20H23N3O2/c24-20-19-4-2-1-3-16(19)7-12-23(20)14-13-22-11-8-18(15-22)25-17-5-9-21-10-6-17/h1-6,9-10,18H,7-8,11-15H2. The molecule has 0 spiro atoms. The van der Waals surface area contributed by atoms with Crippen molar-refractivity contribution in [2.45, 2.75) is 18.9 Å². The zero-order chi connectivity index (χ0) is 17.1. The van der Waals surface area contributed by atoms with Crippen LogP contribution in [0.5, 0.6) is 5.75 Å². The van der Waals surface area contributed by atoms with Crippen LogP contribution in [0.25, 0.3) is 0 Å². The summed E-state index contributed by atoms with van der Waals surface area (Å²) in [6, 6.07) is 11.8. The first-order chi connectivity index (χ1) is 12.3. The number of ether oxygens (including phenoxy) is 1. The lowest BCUT2D eigenvalue weighted by Crippen LogP contribution is -2.42. The Morgan fingerprint density at radius 3 is 2.80 bits per heavy atom. The normalized spacial score (nSPS) is 20.6. The van der Waals surface area contributed by atoms with Crippen molar-refractivity contribution in [1.82, 2.24) is 14.8 Å². The summed E-state index contributed by atoms with van der Waals surface area (Å²) in [6.45, 7) is 4.45. The van der Waals surface area contributed by atoms with Crippen molar-refractivity contribution in [3.05, 3.63) is 59.9 Å². The molecule has 2 aliphatic heterocycles. The van der Waals surface area contributed by atoms with Crippen LogP contribution in [0.15, 0.2) is 48.8 Å². The number of carbonyl (C=O) groups is 1. The minimum atomic E-state index is 0.172. The van der Waals surface area contributed by atoms with E-state index in [9.17, 15) is 4.79 Å². The third-order valence-corrected chi connectivity index (χ3v) is 5.05. The fraction of sp³-hybridized carbons (Fsp3) is 0.400. The van der Waals surface area contributed by atoms with Crippen LogP contribution in [0, 0.1) is 0 Å². The second-order valence-electron chi connectivity index (χ2n) is 6.71. The molecule has 0 N–H and O–H groups in total. The van der Waals surface area contributed by atoms with Crippen LogP contribution < -0.4 is 4.74 Å². The molecule has 5 heteroatoms. The number of rotatable bonds is 5. The molecule has 0 saturated carbocycles. The third-order valence-electron chi connectivity index (χ3n) is 5.05. The Balaban J connectivity index is 1.28. The monoisotopic (exact) mass is 337 g/mol. The highest BCUT2D eigenvalue weighted by atomic mass is 16.5. The topological polar surface area (TPSA) is 45.7 Å². The van der Waals surface area contributed by atoms with Crippen molar-refractivity contribution in [2.24, 2.45) is 0 Å². The lowest BCUT2D eigenvalue weighted by Gasteiger charge is -2.30. The van der Waals surface area contributed by atoms with E-state index in [1.54, 1.807) is 12.4 Å². The van der Waals surface area contributed by atoms with E-state index >= 15 is 0 Å². The van der Waals surface area contributed by atoms with Crippen LogP contribution in [0.3, 0.4) is 0 Å². The highest BCUT2D eigenvalue weighted by Gasteiger charge is 2.27. The van der Waals surface area contributed by atoms with Gasteiger partial charge in [0, 0.05) is 50.7 Å². The number of carbonyl (C=O) groups excluding carboxylic acids is 1. The Morgan fingerprint density at radius 1 is 1.08 bits per heavy atom. The van der Waals surface area contributed by atoms with Gasteiger partial charge in [0.25, 0.3) is 5.91 Å². The molecule has 3 heterocycles. The molecule has 1 aromatic heterocycles. The van der Waals surface area contributed by atoms with Gasteiger partial charge in [-0.2, -0.15) is 0 Å². The lowest BCUT2D eigenvalue weighted by atomic mass is 9.99. The maximum atomic E-state index is 12.6. The number of hydrogen-bond acceptors (Lipinski definition) is 4. The van der Waals surface area contributed by atoms with Gasteiger partial charge in [-0.3, -0.25) is 14.7 Å². The third kappa shape index (κ3) is 3.66. The smallest absolute Gasteiger partial charge is 0.254 e. The molecule has 1 atom stereocenters. The molecule has 1 saturated heterocycles. The summed E-state index contributed by atoms with van der Waals surface area (Å²) >= 11 is 0. The molecule has 0 bridgehead atoms. The quantitative estimate of drug-likeness (QED) is 0.839. The van der Waals surface area contributed by atoms with Gasteiger partial charge in [0.2, 0.25) is 0 Å². The number of likely N-dealkylation sites (tertiary alicyclic amines) is 1. The van der Waals surface area contributed by atoms with Gasteiger partial charge in [0.05, 0.1) is 0 Å². The van der Waals surface area contributed by atoms with Gasteiger partial charge < -0.3 is 9.64 Å². The van der Waals surface area contributed by atoms with Gasteiger partial charge in [-0.25, -0.2) is 0 Å². The van der Waals surface area contributed by atoms with Gasteiger partial charge in [-0.15, -0.1) is 0 Å². The molecule has 2 aliphatic rings. The second kappa shape index (κ2) is 7.23. The zero-order valence-electron chi connectivity index (χ0n) is 14.3. The van der Waals surface area contributed by atoms with Crippen molar-refractivity contribution >= 4 is 5.91 Å². The summed E-state index contributed by atoms with van der Waals surface area (Å²) < 4.78 is 6.00. The van der Waals surface area contributed by atoms with E-state index in [2.05, 4.69) is 16.0 Å². The Bertz CT molecular complexity index is 735. The first-order valence-corrected chi connectivity index (χ1v) is 8.96. The molecule has 25 heavy (non-hydrogen) atoms. The number of aromatic nitrogens is 1. The average Bonchev–Trinajstić information content (AvgIpc) is 3.10. The summed E-state index contributed by atoms with van der Waals surface area (Å²) in [5.41, 5.74) is 2.05. The van der Waals surface area contributed by atoms with E-state index in [4.69, 9.17) is 4.74 Å². The fourth-order valence-electron chi connectivity index (χ4n) is 3.66. The van der Waals surface area contributed by atoms with Gasteiger partial charge in [-0.05, 0) is 36.6 Å². The van der Waals surface area contributed by atoms with E-state index in [1.165, 1.54) is 5.56 Å². The molecule has 130 valence electrons. The minimum Gasteiger partial charge on any atom is -0.489 e. The fourth-order valence-corrected chi connectivity index (χ4v) is 3.66. The molecule has 0 radical (unpaired) electrons. The van der Waals surface area contributed by atoms with E-state index in [0.29, 0.717) is 0 Å². The van der Waals surface area contributed by atoms with Crippen LogP contribution in [-0.2, 0) is 6.42 Å². The van der Waals surface area contributed by atoms with Gasteiger partial charge in [0.1, 0.15) is 11.9 Å². The van der Waals surface area contributed by atoms with Crippen LogP contribution in [0.2, 0.25) is 0 Å². The molecule has 5 nitrogen and oxygen atoms in total. The van der Waals surface area contributed by atoms with Crippen LogP contribution in [-0.4, -0.2) is 59.5 Å². The number of benzene rings is 1.